The van der Waals surface area contributed by atoms with Crippen molar-refractivity contribution in [3.8, 4) is 0 Å². The number of carbonyl (C=O) groups excluding carboxylic acids is 2. The number of rotatable bonds is 4. The Balaban J connectivity index is 1.41. The summed E-state index contributed by atoms with van der Waals surface area (Å²) in [5.74, 6) is 0.247. The molecule has 132 valence electrons. The van der Waals surface area contributed by atoms with Gasteiger partial charge in [-0.3, -0.25) is 9.69 Å². The second-order valence-corrected chi connectivity index (χ2v) is 7.70. The first-order chi connectivity index (χ1) is 12.0. The Morgan fingerprint density at radius 1 is 1.20 bits per heavy atom. The molecule has 0 radical (unpaired) electrons. The molecule has 0 spiro atoms. The zero-order valence-electron chi connectivity index (χ0n) is 14.9. The van der Waals surface area contributed by atoms with E-state index in [1.165, 1.54) is 21.6 Å². The Hall–Kier alpha value is -2.14. The highest BCUT2D eigenvalue weighted by molar-refractivity contribution is 6.07. The van der Waals surface area contributed by atoms with Crippen LogP contribution in [0.1, 0.15) is 37.3 Å². The van der Waals surface area contributed by atoms with Gasteiger partial charge in [0, 0.05) is 13.1 Å². The van der Waals surface area contributed by atoms with E-state index < -0.39 is 5.54 Å². The zero-order chi connectivity index (χ0) is 17.6. The number of benzene rings is 1. The lowest BCUT2D eigenvalue weighted by Crippen LogP contribution is -2.47. The van der Waals surface area contributed by atoms with E-state index in [0.717, 1.165) is 32.4 Å². The molecular weight excluding hydrogens is 314 g/mol. The molecule has 5 heteroatoms. The SMILES string of the molecule is Cc1ccc(C2=CCN(CN3C(=O)NC(C)(C4CC4)C3=O)CC2)cc1. The van der Waals surface area contributed by atoms with Gasteiger partial charge >= 0.3 is 6.03 Å². The highest BCUT2D eigenvalue weighted by Crippen LogP contribution is 2.42. The lowest BCUT2D eigenvalue weighted by atomic mass is 9.96. The number of carbonyl (C=O) groups is 2. The summed E-state index contributed by atoms with van der Waals surface area (Å²) < 4.78 is 0. The van der Waals surface area contributed by atoms with Gasteiger partial charge in [-0.15, -0.1) is 0 Å². The molecule has 1 aromatic rings. The van der Waals surface area contributed by atoms with Crippen LogP contribution >= 0.6 is 0 Å². The van der Waals surface area contributed by atoms with Gasteiger partial charge in [0.1, 0.15) is 5.54 Å². The van der Waals surface area contributed by atoms with Crippen molar-refractivity contribution in [1.82, 2.24) is 15.1 Å². The Morgan fingerprint density at radius 2 is 1.92 bits per heavy atom. The van der Waals surface area contributed by atoms with E-state index >= 15 is 0 Å². The number of urea groups is 1. The maximum Gasteiger partial charge on any atom is 0.326 e. The minimum absolute atomic E-state index is 0.0617. The molecule has 2 aliphatic heterocycles. The van der Waals surface area contributed by atoms with E-state index in [-0.39, 0.29) is 11.9 Å². The molecule has 1 saturated heterocycles. The molecule has 2 heterocycles. The minimum atomic E-state index is -0.685. The quantitative estimate of drug-likeness (QED) is 0.858. The summed E-state index contributed by atoms with van der Waals surface area (Å²) in [6, 6.07) is 8.35. The molecule has 0 bridgehead atoms. The fourth-order valence-corrected chi connectivity index (χ4v) is 3.85. The van der Waals surface area contributed by atoms with E-state index in [1.807, 2.05) is 6.92 Å². The normalized spacial score (nSPS) is 27.4. The topological polar surface area (TPSA) is 52.6 Å². The molecule has 1 saturated carbocycles. The predicted molar refractivity (Wildman–Crippen MR) is 96.7 cm³/mol. The zero-order valence-corrected chi connectivity index (χ0v) is 14.9. The number of hydrogen-bond acceptors (Lipinski definition) is 3. The van der Waals surface area contributed by atoms with E-state index in [0.29, 0.717) is 12.6 Å². The Labute approximate surface area is 148 Å². The molecular formula is C20H25N3O2. The van der Waals surface area contributed by atoms with Crippen LogP contribution in [0.3, 0.4) is 0 Å². The van der Waals surface area contributed by atoms with Gasteiger partial charge in [0.15, 0.2) is 0 Å². The number of amides is 3. The number of imide groups is 1. The summed E-state index contributed by atoms with van der Waals surface area (Å²) in [5, 5.41) is 2.92. The number of nitrogens with one attached hydrogen (secondary N) is 1. The van der Waals surface area contributed by atoms with Gasteiger partial charge in [-0.05, 0) is 50.2 Å². The summed E-state index contributed by atoms with van der Waals surface area (Å²) >= 11 is 0. The monoisotopic (exact) mass is 339 g/mol. The minimum Gasteiger partial charge on any atom is -0.323 e. The molecule has 4 rings (SSSR count). The van der Waals surface area contributed by atoms with Crippen LogP contribution in [0, 0.1) is 12.8 Å². The van der Waals surface area contributed by atoms with Crippen molar-refractivity contribution in [1.29, 1.82) is 0 Å². The first kappa shape index (κ1) is 16.3. The summed E-state index contributed by atoms with van der Waals surface area (Å²) in [7, 11) is 0. The molecule has 3 aliphatic rings. The second kappa shape index (κ2) is 5.99. The maximum absolute atomic E-state index is 12.7. The van der Waals surface area contributed by atoms with Crippen LogP contribution in [0.15, 0.2) is 30.3 Å². The van der Waals surface area contributed by atoms with Gasteiger partial charge < -0.3 is 5.32 Å². The van der Waals surface area contributed by atoms with E-state index in [9.17, 15) is 9.59 Å². The van der Waals surface area contributed by atoms with Crippen molar-refractivity contribution in [2.45, 2.75) is 38.6 Å². The number of hydrogen-bond donors (Lipinski definition) is 1. The van der Waals surface area contributed by atoms with E-state index in [2.05, 4.69) is 47.5 Å². The van der Waals surface area contributed by atoms with Crippen LogP contribution in [0.25, 0.3) is 5.57 Å². The Morgan fingerprint density at radius 3 is 2.52 bits per heavy atom. The van der Waals surface area contributed by atoms with Crippen molar-refractivity contribution < 1.29 is 9.59 Å². The van der Waals surface area contributed by atoms with Gasteiger partial charge in [0.25, 0.3) is 5.91 Å². The summed E-state index contributed by atoms with van der Waals surface area (Å²) in [6.07, 6.45) is 5.21. The predicted octanol–water partition coefficient (Wildman–Crippen LogP) is 2.76. The second-order valence-electron chi connectivity index (χ2n) is 7.70. The highest BCUT2D eigenvalue weighted by atomic mass is 16.2. The summed E-state index contributed by atoms with van der Waals surface area (Å²) in [6.45, 7) is 5.97. The van der Waals surface area contributed by atoms with Crippen LogP contribution in [0.2, 0.25) is 0 Å². The Kier molecular flexibility index (Phi) is 3.91. The third-order valence-electron chi connectivity index (χ3n) is 5.75. The van der Waals surface area contributed by atoms with Crippen LogP contribution in [-0.4, -0.2) is 47.0 Å². The van der Waals surface area contributed by atoms with Crippen molar-refractivity contribution in [3.05, 3.63) is 41.5 Å². The standard InChI is InChI=1S/C20H25N3O2/c1-14-3-5-15(6-4-14)16-9-11-22(12-10-16)13-23-18(24)20(2,17-7-8-17)21-19(23)25/h3-6,9,17H,7-8,10-13H2,1-2H3,(H,21,25). The molecule has 0 aromatic heterocycles. The molecule has 2 fully saturated rings. The molecule has 3 amide bonds. The molecule has 5 nitrogen and oxygen atoms in total. The van der Waals surface area contributed by atoms with Crippen LogP contribution < -0.4 is 5.32 Å². The van der Waals surface area contributed by atoms with Crippen molar-refractivity contribution in [2.24, 2.45) is 5.92 Å². The van der Waals surface area contributed by atoms with Gasteiger partial charge in [0.05, 0.1) is 6.67 Å². The smallest absolute Gasteiger partial charge is 0.323 e. The molecule has 1 N–H and O–H groups in total. The largest absolute Gasteiger partial charge is 0.326 e. The first-order valence-electron chi connectivity index (χ1n) is 9.10. The van der Waals surface area contributed by atoms with Gasteiger partial charge in [-0.2, -0.15) is 0 Å². The third-order valence-corrected chi connectivity index (χ3v) is 5.75. The maximum atomic E-state index is 12.7. The molecule has 1 unspecified atom stereocenters. The van der Waals surface area contributed by atoms with Crippen molar-refractivity contribution in [3.63, 3.8) is 0 Å². The highest BCUT2D eigenvalue weighted by Gasteiger charge is 2.56. The lowest BCUT2D eigenvalue weighted by molar-refractivity contribution is -0.132. The molecule has 1 aliphatic carbocycles. The average Bonchev–Trinajstić information content (AvgIpc) is 3.43. The van der Waals surface area contributed by atoms with Crippen LogP contribution in [0.4, 0.5) is 4.79 Å². The number of nitrogens with zero attached hydrogens (tertiary/aromatic N) is 2. The van der Waals surface area contributed by atoms with Gasteiger partial charge in [-0.1, -0.05) is 35.9 Å². The molecule has 25 heavy (non-hydrogen) atoms. The fourth-order valence-electron chi connectivity index (χ4n) is 3.85. The molecule has 1 aromatic carbocycles. The summed E-state index contributed by atoms with van der Waals surface area (Å²) in [4.78, 5) is 28.5. The first-order valence-corrected chi connectivity index (χ1v) is 9.10. The van der Waals surface area contributed by atoms with Gasteiger partial charge in [0.2, 0.25) is 0 Å². The molecule has 1 atom stereocenters. The van der Waals surface area contributed by atoms with Crippen LogP contribution in [0.5, 0.6) is 0 Å². The average molecular weight is 339 g/mol. The van der Waals surface area contributed by atoms with Gasteiger partial charge in [-0.25, -0.2) is 9.69 Å². The van der Waals surface area contributed by atoms with Crippen molar-refractivity contribution >= 4 is 17.5 Å². The Bertz CT molecular complexity index is 736. The summed E-state index contributed by atoms with van der Waals surface area (Å²) in [5.41, 5.74) is 3.19. The lowest BCUT2D eigenvalue weighted by Gasteiger charge is -2.29. The van der Waals surface area contributed by atoms with E-state index in [4.69, 9.17) is 0 Å². The fraction of sp³-hybridized carbons (Fsp3) is 0.500. The number of aryl methyl sites for hydroxylation is 1. The van der Waals surface area contributed by atoms with Crippen LogP contribution in [-0.2, 0) is 4.79 Å². The van der Waals surface area contributed by atoms with Crippen molar-refractivity contribution in [2.75, 3.05) is 19.8 Å². The van der Waals surface area contributed by atoms with E-state index in [1.54, 1.807) is 0 Å². The third kappa shape index (κ3) is 2.97.